The summed E-state index contributed by atoms with van der Waals surface area (Å²) >= 11 is 0. The summed E-state index contributed by atoms with van der Waals surface area (Å²) in [6.45, 7) is 7.16. The van der Waals surface area contributed by atoms with Gasteiger partial charge in [-0.15, -0.1) is 6.58 Å². The molecule has 1 heterocycles. The molecule has 1 rings (SSSR count). The quantitative estimate of drug-likeness (QED) is 0.432. The van der Waals surface area contributed by atoms with E-state index in [-0.39, 0.29) is 17.6 Å². The van der Waals surface area contributed by atoms with Crippen LogP contribution in [0.25, 0.3) is 0 Å². The van der Waals surface area contributed by atoms with Gasteiger partial charge in [0.2, 0.25) is 0 Å². The van der Waals surface area contributed by atoms with Crippen molar-refractivity contribution in [3.8, 4) is 0 Å². The molecule has 5 nitrogen and oxygen atoms in total. The van der Waals surface area contributed by atoms with Crippen LogP contribution in [0.15, 0.2) is 23.8 Å². The molecule has 1 aliphatic heterocycles. The van der Waals surface area contributed by atoms with Crippen molar-refractivity contribution in [1.82, 2.24) is 0 Å². The molecule has 0 bridgehead atoms. The van der Waals surface area contributed by atoms with Crippen molar-refractivity contribution in [2.75, 3.05) is 6.61 Å². The number of epoxide rings is 1. The summed E-state index contributed by atoms with van der Waals surface area (Å²) in [4.78, 5) is 21.3. The SMILES string of the molecule is C=CC.CC/C(C(=O)O)=C(/C(=O)O)C1CO1. The van der Waals surface area contributed by atoms with Gasteiger partial charge in [0.15, 0.2) is 0 Å². The number of aliphatic carboxylic acids is 2. The molecule has 0 radical (unpaired) electrons. The fourth-order valence-electron chi connectivity index (χ4n) is 1.13. The molecule has 1 fully saturated rings. The van der Waals surface area contributed by atoms with Crippen molar-refractivity contribution in [2.45, 2.75) is 26.4 Å². The zero-order valence-corrected chi connectivity index (χ0v) is 9.40. The van der Waals surface area contributed by atoms with Crippen LogP contribution in [0.1, 0.15) is 20.3 Å². The molecule has 0 aliphatic carbocycles. The molecule has 0 aromatic heterocycles. The summed E-state index contributed by atoms with van der Waals surface area (Å²) in [5.41, 5.74) is -0.190. The molecule has 0 amide bonds. The number of carbonyl (C=O) groups is 2. The average molecular weight is 228 g/mol. The first-order chi connectivity index (χ1) is 7.49. The standard InChI is InChI=1S/C8H10O5.C3H6/c1-2-4(7(9)10)6(8(11)12)5-3-13-5;1-3-2/h5H,2-3H2,1H3,(H,9,10)(H,11,12);3H,1H2,2H3/b6-4-;. The van der Waals surface area contributed by atoms with Crippen LogP contribution in [0.4, 0.5) is 0 Å². The van der Waals surface area contributed by atoms with Gasteiger partial charge in [-0.05, 0) is 13.3 Å². The number of hydrogen-bond donors (Lipinski definition) is 2. The Balaban J connectivity index is 0.000000673. The minimum Gasteiger partial charge on any atom is -0.478 e. The van der Waals surface area contributed by atoms with Gasteiger partial charge < -0.3 is 14.9 Å². The third-order valence-electron chi connectivity index (χ3n) is 1.82. The van der Waals surface area contributed by atoms with Crippen molar-refractivity contribution >= 4 is 11.9 Å². The third-order valence-corrected chi connectivity index (χ3v) is 1.82. The minimum atomic E-state index is -1.21. The Kier molecular flexibility index (Phi) is 6.10. The van der Waals surface area contributed by atoms with Crippen LogP contribution in [0.3, 0.4) is 0 Å². The topological polar surface area (TPSA) is 87.1 Å². The molecule has 1 aliphatic rings. The van der Waals surface area contributed by atoms with E-state index in [2.05, 4.69) is 6.58 Å². The second-order valence-electron chi connectivity index (χ2n) is 3.09. The van der Waals surface area contributed by atoms with Crippen LogP contribution in [-0.2, 0) is 14.3 Å². The van der Waals surface area contributed by atoms with Crippen molar-refractivity contribution < 1.29 is 24.5 Å². The van der Waals surface area contributed by atoms with Gasteiger partial charge >= 0.3 is 11.9 Å². The summed E-state index contributed by atoms with van der Waals surface area (Å²) in [6.07, 6.45) is 1.42. The predicted molar refractivity (Wildman–Crippen MR) is 58.2 cm³/mol. The average Bonchev–Trinajstić information content (AvgIpc) is 2.97. The monoisotopic (exact) mass is 228 g/mol. The number of allylic oxidation sites excluding steroid dienone is 1. The van der Waals surface area contributed by atoms with E-state index >= 15 is 0 Å². The zero-order valence-electron chi connectivity index (χ0n) is 9.40. The lowest BCUT2D eigenvalue weighted by atomic mass is 10.0. The van der Waals surface area contributed by atoms with E-state index < -0.39 is 18.0 Å². The Hall–Kier alpha value is -1.62. The molecule has 5 heteroatoms. The second-order valence-corrected chi connectivity index (χ2v) is 3.09. The highest BCUT2D eigenvalue weighted by Crippen LogP contribution is 2.24. The van der Waals surface area contributed by atoms with Crippen molar-refractivity contribution in [3.63, 3.8) is 0 Å². The maximum atomic E-state index is 10.7. The summed E-state index contributed by atoms with van der Waals surface area (Å²) in [5, 5.41) is 17.4. The minimum absolute atomic E-state index is 0.0741. The summed E-state index contributed by atoms with van der Waals surface area (Å²) in [5.74, 6) is -2.39. The molecule has 16 heavy (non-hydrogen) atoms. The lowest BCUT2D eigenvalue weighted by Crippen LogP contribution is -2.15. The van der Waals surface area contributed by atoms with E-state index in [1.165, 1.54) is 0 Å². The van der Waals surface area contributed by atoms with Gasteiger partial charge in [0.05, 0.1) is 12.2 Å². The van der Waals surface area contributed by atoms with Gasteiger partial charge in [0.1, 0.15) is 6.10 Å². The summed E-state index contributed by atoms with van der Waals surface area (Å²) < 4.78 is 4.76. The fourth-order valence-corrected chi connectivity index (χ4v) is 1.13. The Morgan fingerprint density at radius 2 is 1.88 bits per heavy atom. The normalized spacial score (nSPS) is 18.8. The third kappa shape index (κ3) is 4.27. The molecular formula is C11H16O5. The van der Waals surface area contributed by atoms with Gasteiger partial charge in [-0.1, -0.05) is 13.0 Å². The number of carboxylic acids is 2. The second kappa shape index (κ2) is 6.79. The van der Waals surface area contributed by atoms with E-state index in [0.29, 0.717) is 6.61 Å². The van der Waals surface area contributed by atoms with Crippen LogP contribution in [0, 0.1) is 0 Å². The van der Waals surface area contributed by atoms with Crippen molar-refractivity contribution in [3.05, 3.63) is 23.8 Å². The number of carboxylic acid groups (broad SMARTS) is 2. The molecule has 1 unspecified atom stereocenters. The fraction of sp³-hybridized carbons (Fsp3) is 0.455. The van der Waals surface area contributed by atoms with E-state index in [1.54, 1.807) is 13.0 Å². The Morgan fingerprint density at radius 3 is 2.06 bits per heavy atom. The van der Waals surface area contributed by atoms with Gasteiger partial charge in [-0.25, -0.2) is 9.59 Å². The largest absolute Gasteiger partial charge is 0.478 e. The van der Waals surface area contributed by atoms with Gasteiger partial charge in [-0.3, -0.25) is 0 Å². The van der Waals surface area contributed by atoms with Crippen molar-refractivity contribution in [1.29, 1.82) is 0 Å². The zero-order chi connectivity index (χ0) is 12.7. The summed E-state index contributed by atoms with van der Waals surface area (Å²) in [7, 11) is 0. The van der Waals surface area contributed by atoms with E-state index in [1.807, 2.05) is 6.92 Å². The van der Waals surface area contributed by atoms with E-state index in [0.717, 1.165) is 0 Å². The van der Waals surface area contributed by atoms with Gasteiger partial charge in [0.25, 0.3) is 0 Å². The number of ether oxygens (including phenoxy) is 1. The molecule has 0 saturated carbocycles. The molecule has 90 valence electrons. The number of rotatable bonds is 4. The molecule has 1 atom stereocenters. The smallest absolute Gasteiger partial charge is 0.334 e. The Labute approximate surface area is 94.0 Å². The lowest BCUT2D eigenvalue weighted by Gasteiger charge is -2.02. The molecule has 2 N–H and O–H groups in total. The first-order valence-corrected chi connectivity index (χ1v) is 4.87. The predicted octanol–water partition coefficient (Wildman–Crippen LogP) is 1.45. The van der Waals surface area contributed by atoms with Crippen LogP contribution in [0.2, 0.25) is 0 Å². The van der Waals surface area contributed by atoms with Crippen LogP contribution >= 0.6 is 0 Å². The highest BCUT2D eigenvalue weighted by Gasteiger charge is 2.35. The molecule has 0 spiro atoms. The van der Waals surface area contributed by atoms with E-state index in [4.69, 9.17) is 14.9 Å². The number of hydrogen-bond acceptors (Lipinski definition) is 3. The highest BCUT2D eigenvalue weighted by molar-refractivity contribution is 5.99. The van der Waals surface area contributed by atoms with Gasteiger partial charge in [-0.2, -0.15) is 0 Å². The van der Waals surface area contributed by atoms with Gasteiger partial charge in [0, 0.05) is 5.57 Å². The first kappa shape index (κ1) is 14.4. The molecule has 0 aromatic rings. The lowest BCUT2D eigenvalue weighted by molar-refractivity contribution is -0.136. The Bertz CT molecular complexity index is 312. The highest BCUT2D eigenvalue weighted by atomic mass is 16.6. The maximum absolute atomic E-state index is 10.7. The molecular weight excluding hydrogens is 212 g/mol. The van der Waals surface area contributed by atoms with Crippen LogP contribution < -0.4 is 0 Å². The molecule has 0 aromatic carbocycles. The maximum Gasteiger partial charge on any atom is 0.334 e. The van der Waals surface area contributed by atoms with Crippen LogP contribution in [0.5, 0.6) is 0 Å². The summed E-state index contributed by atoms with van der Waals surface area (Å²) in [6, 6.07) is 0. The van der Waals surface area contributed by atoms with Crippen LogP contribution in [-0.4, -0.2) is 34.9 Å². The Morgan fingerprint density at radius 1 is 1.44 bits per heavy atom. The van der Waals surface area contributed by atoms with E-state index in [9.17, 15) is 9.59 Å². The first-order valence-electron chi connectivity index (χ1n) is 4.87. The molecule has 1 saturated heterocycles. The van der Waals surface area contributed by atoms with Crippen molar-refractivity contribution in [2.24, 2.45) is 0 Å².